The highest BCUT2D eigenvalue weighted by atomic mass is 35.5. The summed E-state index contributed by atoms with van der Waals surface area (Å²) in [5.41, 5.74) is -2.64. The Labute approximate surface area is 79.9 Å². The van der Waals surface area contributed by atoms with Gasteiger partial charge in [-0.2, -0.15) is 13.2 Å². The highest BCUT2D eigenvalue weighted by molar-refractivity contribution is 5.85. The number of aliphatic hydroxyl groups is 1. The van der Waals surface area contributed by atoms with E-state index < -0.39 is 11.8 Å². The molecule has 0 aromatic heterocycles. The van der Waals surface area contributed by atoms with Crippen molar-refractivity contribution >= 4 is 12.4 Å². The average molecular weight is 218 g/mol. The van der Waals surface area contributed by atoms with Gasteiger partial charge < -0.3 is 10.4 Å². The summed E-state index contributed by atoms with van der Waals surface area (Å²) >= 11 is 0. The lowest BCUT2D eigenvalue weighted by Gasteiger charge is -2.58. The fourth-order valence-corrected chi connectivity index (χ4v) is 2.12. The summed E-state index contributed by atoms with van der Waals surface area (Å²) in [5.74, 6) is 0. The highest BCUT2D eigenvalue weighted by Crippen LogP contribution is 2.57. The molecule has 6 heteroatoms. The molecular weight excluding hydrogens is 207 g/mol. The van der Waals surface area contributed by atoms with Crippen LogP contribution < -0.4 is 5.32 Å². The Morgan fingerprint density at radius 1 is 1.15 bits per heavy atom. The van der Waals surface area contributed by atoms with E-state index in [4.69, 9.17) is 5.11 Å². The molecule has 2 rings (SSSR count). The van der Waals surface area contributed by atoms with Crippen LogP contribution >= 0.6 is 12.4 Å². The van der Waals surface area contributed by atoms with Gasteiger partial charge in [-0.05, 0) is 12.8 Å². The van der Waals surface area contributed by atoms with Crippen molar-refractivity contribution in [3.8, 4) is 0 Å². The van der Waals surface area contributed by atoms with Crippen LogP contribution in [0.3, 0.4) is 0 Å². The lowest BCUT2D eigenvalue weighted by atomic mass is 9.55. The van der Waals surface area contributed by atoms with Gasteiger partial charge in [0.05, 0.1) is 0 Å². The number of rotatable bonds is 0. The zero-order chi connectivity index (χ0) is 9.04. The highest BCUT2D eigenvalue weighted by Gasteiger charge is 2.68. The van der Waals surface area contributed by atoms with Gasteiger partial charge in [0.2, 0.25) is 0 Å². The maximum Gasteiger partial charge on any atom is 0.417 e. The molecule has 2 fully saturated rings. The van der Waals surface area contributed by atoms with E-state index >= 15 is 0 Å². The zero-order valence-corrected chi connectivity index (χ0v) is 7.63. The molecular formula is C7H11ClF3NO. The molecule has 0 unspecified atom stereocenters. The van der Waals surface area contributed by atoms with Gasteiger partial charge in [0.15, 0.2) is 5.60 Å². The summed E-state index contributed by atoms with van der Waals surface area (Å²) in [6.07, 6.45) is -4.71. The molecule has 1 aliphatic carbocycles. The fourth-order valence-electron chi connectivity index (χ4n) is 2.12. The first-order valence-electron chi connectivity index (χ1n) is 3.87. The Balaban J connectivity index is 0.000000845. The number of alkyl halides is 3. The second kappa shape index (κ2) is 2.74. The molecule has 0 atom stereocenters. The predicted molar refractivity (Wildman–Crippen MR) is 42.8 cm³/mol. The third-order valence-electron chi connectivity index (χ3n) is 2.86. The minimum atomic E-state index is -4.45. The Bertz CT molecular complexity index is 206. The number of hydrogen-bond donors (Lipinski definition) is 2. The van der Waals surface area contributed by atoms with E-state index in [-0.39, 0.29) is 30.7 Å². The molecule has 2 aliphatic rings. The molecule has 0 bridgehead atoms. The second-order valence-corrected chi connectivity index (χ2v) is 3.99. The topological polar surface area (TPSA) is 32.3 Å². The summed E-state index contributed by atoms with van der Waals surface area (Å²) < 4.78 is 36.4. The smallest absolute Gasteiger partial charge is 0.380 e. The molecule has 1 saturated heterocycles. The van der Waals surface area contributed by atoms with Crippen LogP contribution in [0.1, 0.15) is 12.8 Å². The minimum Gasteiger partial charge on any atom is -0.380 e. The molecule has 2 N–H and O–H groups in total. The van der Waals surface area contributed by atoms with Crippen LogP contribution in [-0.4, -0.2) is 30.0 Å². The predicted octanol–water partition coefficient (Wildman–Crippen LogP) is 1.08. The fraction of sp³-hybridized carbons (Fsp3) is 1.00. The van der Waals surface area contributed by atoms with E-state index in [1.165, 1.54) is 0 Å². The Hall–Kier alpha value is -0.0000000000000000486. The average Bonchev–Trinajstić information content (AvgIpc) is 1.73. The van der Waals surface area contributed by atoms with E-state index in [1.807, 2.05) is 0 Å². The Kier molecular flexibility index (Phi) is 2.34. The second-order valence-electron chi connectivity index (χ2n) is 3.99. The van der Waals surface area contributed by atoms with Gasteiger partial charge in [0.1, 0.15) is 0 Å². The normalized spacial score (nSPS) is 28.6. The lowest BCUT2D eigenvalue weighted by Crippen LogP contribution is -2.70. The molecule has 13 heavy (non-hydrogen) atoms. The third-order valence-corrected chi connectivity index (χ3v) is 2.86. The molecule has 1 heterocycles. The van der Waals surface area contributed by atoms with Crippen molar-refractivity contribution in [1.82, 2.24) is 5.32 Å². The van der Waals surface area contributed by atoms with Gasteiger partial charge in [-0.3, -0.25) is 0 Å². The minimum absolute atomic E-state index is 0. The van der Waals surface area contributed by atoms with E-state index in [9.17, 15) is 13.2 Å². The molecule has 0 aromatic rings. The van der Waals surface area contributed by atoms with Gasteiger partial charge in [0, 0.05) is 18.5 Å². The Morgan fingerprint density at radius 2 is 1.62 bits per heavy atom. The number of halogens is 4. The maximum atomic E-state index is 12.1. The van der Waals surface area contributed by atoms with Crippen molar-refractivity contribution in [1.29, 1.82) is 0 Å². The summed E-state index contributed by atoms with van der Waals surface area (Å²) in [4.78, 5) is 0. The van der Waals surface area contributed by atoms with Gasteiger partial charge >= 0.3 is 6.18 Å². The molecule has 0 aromatic carbocycles. The van der Waals surface area contributed by atoms with Crippen molar-refractivity contribution < 1.29 is 18.3 Å². The van der Waals surface area contributed by atoms with Crippen LogP contribution in [0.15, 0.2) is 0 Å². The lowest BCUT2D eigenvalue weighted by molar-refractivity contribution is -0.321. The number of nitrogens with one attached hydrogen (secondary N) is 1. The first kappa shape index (κ1) is 11.1. The van der Waals surface area contributed by atoms with Crippen molar-refractivity contribution in [2.45, 2.75) is 24.6 Å². The largest absolute Gasteiger partial charge is 0.417 e. The van der Waals surface area contributed by atoms with Crippen molar-refractivity contribution in [3.05, 3.63) is 0 Å². The SMILES string of the molecule is Cl.OC1(C(F)(F)F)CC2(CNC2)C1. The van der Waals surface area contributed by atoms with Crippen molar-refractivity contribution in [3.63, 3.8) is 0 Å². The van der Waals surface area contributed by atoms with Crippen LogP contribution in [-0.2, 0) is 0 Å². The summed E-state index contributed by atoms with van der Waals surface area (Å²) in [6.45, 7) is 1.23. The Morgan fingerprint density at radius 3 is 1.85 bits per heavy atom. The summed E-state index contributed by atoms with van der Waals surface area (Å²) in [5, 5.41) is 12.0. The van der Waals surface area contributed by atoms with Gasteiger partial charge in [-0.15, -0.1) is 12.4 Å². The van der Waals surface area contributed by atoms with E-state index in [1.54, 1.807) is 0 Å². The van der Waals surface area contributed by atoms with Crippen LogP contribution in [0.4, 0.5) is 13.2 Å². The molecule has 0 amide bonds. The van der Waals surface area contributed by atoms with E-state index in [2.05, 4.69) is 5.32 Å². The van der Waals surface area contributed by atoms with Gasteiger partial charge in [-0.1, -0.05) is 0 Å². The standard InChI is InChI=1S/C7H10F3NO.ClH/c8-7(9,10)6(12)1-5(2-6)3-11-4-5;/h11-12H,1-4H2;1H. The molecule has 78 valence electrons. The molecule has 1 aliphatic heterocycles. The van der Waals surface area contributed by atoms with Gasteiger partial charge in [-0.25, -0.2) is 0 Å². The summed E-state index contributed by atoms with van der Waals surface area (Å²) in [6, 6.07) is 0. The van der Waals surface area contributed by atoms with Crippen LogP contribution in [0, 0.1) is 5.41 Å². The van der Waals surface area contributed by atoms with Crippen LogP contribution in [0.25, 0.3) is 0 Å². The van der Waals surface area contributed by atoms with Gasteiger partial charge in [0.25, 0.3) is 0 Å². The quantitative estimate of drug-likeness (QED) is 0.637. The number of hydrogen-bond acceptors (Lipinski definition) is 2. The molecule has 0 radical (unpaired) electrons. The van der Waals surface area contributed by atoms with E-state index in [0.717, 1.165) is 0 Å². The first-order valence-corrected chi connectivity index (χ1v) is 3.87. The van der Waals surface area contributed by atoms with Crippen LogP contribution in [0.5, 0.6) is 0 Å². The van der Waals surface area contributed by atoms with Crippen molar-refractivity contribution in [2.75, 3.05) is 13.1 Å². The molecule has 1 saturated carbocycles. The molecule has 1 spiro atoms. The van der Waals surface area contributed by atoms with E-state index in [0.29, 0.717) is 13.1 Å². The van der Waals surface area contributed by atoms with Crippen molar-refractivity contribution in [2.24, 2.45) is 5.41 Å². The third kappa shape index (κ3) is 1.43. The molecule has 2 nitrogen and oxygen atoms in total. The van der Waals surface area contributed by atoms with Crippen LogP contribution in [0.2, 0.25) is 0 Å². The maximum absolute atomic E-state index is 12.1. The zero-order valence-electron chi connectivity index (χ0n) is 6.82. The monoisotopic (exact) mass is 217 g/mol. The first-order chi connectivity index (χ1) is 5.37. The summed E-state index contributed by atoms with van der Waals surface area (Å²) in [7, 11) is 0.